The second kappa shape index (κ2) is 6.33. The van der Waals surface area contributed by atoms with E-state index in [0.29, 0.717) is 5.54 Å². The van der Waals surface area contributed by atoms with Crippen LogP contribution in [0.5, 0.6) is 0 Å². The van der Waals surface area contributed by atoms with Crippen LogP contribution in [-0.4, -0.2) is 35.1 Å². The number of nitrogens with zero attached hydrogens (tertiary/aromatic N) is 2. The Labute approximate surface area is 119 Å². The Morgan fingerprint density at radius 1 is 1.33 bits per heavy atom. The van der Waals surface area contributed by atoms with Crippen LogP contribution in [0.4, 0.5) is 0 Å². The molecule has 1 aromatic rings. The molecular formula is C13H22ClN3S. The lowest BCUT2D eigenvalue weighted by Crippen LogP contribution is -2.61. The fourth-order valence-corrected chi connectivity index (χ4v) is 3.96. The minimum Gasteiger partial charge on any atom is -0.314 e. The van der Waals surface area contributed by atoms with Gasteiger partial charge in [0.1, 0.15) is 5.01 Å². The summed E-state index contributed by atoms with van der Waals surface area (Å²) in [5.41, 5.74) is 0.433. The van der Waals surface area contributed by atoms with Crippen molar-refractivity contribution in [3.63, 3.8) is 0 Å². The third-order valence-electron chi connectivity index (χ3n) is 4.28. The fraction of sp³-hybridized carbons (Fsp3) is 0.769. The Kier molecular flexibility index (Phi) is 5.01. The molecule has 1 aromatic heterocycles. The highest BCUT2D eigenvalue weighted by Crippen LogP contribution is 2.35. The molecule has 3 nitrogen and oxygen atoms in total. The zero-order valence-electron chi connectivity index (χ0n) is 10.7. The Balaban J connectivity index is 0.00000120. The molecule has 2 heterocycles. The Morgan fingerprint density at radius 2 is 2.17 bits per heavy atom. The first-order valence-electron chi connectivity index (χ1n) is 6.73. The van der Waals surface area contributed by atoms with Crippen molar-refractivity contribution in [1.82, 2.24) is 15.2 Å². The molecule has 102 valence electrons. The molecule has 2 fully saturated rings. The molecule has 1 saturated carbocycles. The molecule has 0 bridgehead atoms. The first kappa shape index (κ1) is 14.3. The zero-order valence-corrected chi connectivity index (χ0v) is 12.4. The van der Waals surface area contributed by atoms with Gasteiger partial charge in [-0.2, -0.15) is 0 Å². The predicted octanol–water partition coefficient (Wildman–Crippen LogP) is 2.67. The van der Waals surface area contributed by atoms with Gasteiger partial charge in [0.25, 0.3) is 0 Å². The average molecular weight is 288 g/mol. The summed E-state index contributed by atoms with van der Waals surface area (Å²) in [5, 5.41) is 6.96. The molecule has 1 aliphatic heterocycles. The first-order chi connectivity index (χ1) is 8.39. The van der Waals surface area contributed by atoms with E-state index < -0.39 is 0 Å². The largest absolute Gasteiger partial charge is 0.314 e. The predicted molar refractivity (Wildman–Crippen MR) is 78.5 cm³/mol. The summed E-state index contributed by atoms with van der Waals surface area (Å²) in [4.78, 5) is 7.14. The van der Waals surface area contributed by atoms with Gasteiger partial charge in [-0.25, -0.2) is 4.98 Å². The highest BCUT2D eigenvalue weighted by Gasteiger charge is 2.39. The monoisotopic (exact) mass is 287 g/mol. The third kappa shape index (κ3) is 2.87. The Morgan fingerprint density at radius 3 is 2.89 bits per heavy atom. The minimum atomic E-state index is 0. The topological polar surface area (TPSA) is 28.2 Å². The van der Waals surface area contributed by atoms with Crippen molar-refractivity contribution in [1.29, 1.82) is 0 Å². The molecule has 0 amide bonds. The van der Waals surface area contributed by atoms with Crippen LogP contribution in [0.25, 0.3) is 0 Å². The summed E-state index contributed by atoms with van der Waals surface area (Å²) < 4.78 is 0. The van der Waals surface area contributed by atoms with Crippen LogP contribution in [0.15, 0.2) is 11.6 Å². The van der Waals surface area contributed by atoms with Crippen molar-refractivity contribution in [2.45, 2.75) is 44.2 Å². The van der Waals surface area contributed by atoms with Crippen molar-refractivity contribution in [3.05, 3.63) is 16.6 Å². The van der Waals surface area contributed by atoms with Crippen LogP contribution in [-0.2, 0) is 6.54 Å². The van der Waals surface area contributed by atoms with E-state index in [2.05, 4.69) is 20.6 Å². The van der Waals surface area contributed by atoms with Crippen LogP contribution >= 0.6 is 23.7 Å². The quantitative estimate of drug-likeness (QED) is 0.906. The highest BCUT2D eigenvalue weighted by molar-refractivity contribution is 7.09. The second-order valence-electron chi connectivity index (χ2n) is 5.31. The van der Waals surface area contributed by atoms with E-state index in [1.807, 2.05) is 6.20 Å². The van der Waals surface area contributed by atoms with E-state index in [1.54, 1.807) is 11.3 Å². The number of rotatable bonds is 2. The molecule has 1 N–H and O–H groups in total. The molecule has 0 unspecified atom stereocenters. The van der Waals surface area contributed by atoms with Gasteiger partial charge in [-0.15, -0.1) is 23.7 Å². The summed E-state index contributed by atoms with van der Waals surface area (Å²) in [6.07, 6.45) is 8.88. The van der Waals surface area contributed by atoms with E-state index in [4.69, 9.17) is 0 Å². The van der Waals surface area contributed by atoms with Crippen molar-refractivity contribution < 1.29 is 0 Å². The molecule has 0 aromatic carbocycles. The fourth-order valence-electron chi connectivity index (χ4n) is 3.33. The van der Waals surface area contributed by atoms with Gasteiger partial charge in [0.15, 0.2) is 0 Å². The maximum atomic E-state index is 4.44. The van der Waals surface area contributed by atoms with Crippen molar-refractivity contribution in [3.8, 4) is 0 Å². The van der Waals surface area contributed by atoms with E-state index in [1.165, 1.54) is 50.2 Å². The van der Waals surface area contributed by atoms with Gasteiger partial charge in [-0.05, 0) is 12.8 Å². The SMILES string of the molecule is Cl.c1csc(CN2CCNCC23CCCCC3)n1. The minimum absolute atomic E-state index is 0. The standard InChI is InChI=1S/C13H21N3S.ClH/c1-2-4-13(5-3-1)11-14-6-8-16(13)10-12-15-7-9-17-12;/h7,9,14H,1-6,8,10-11H2;1H. The maximum absolute atomic E-state index is 4.44. The summed E-state index contributed by atoms with van der Waals surface area (Å²) in [6, 6.07) is 0. The van der Waals surface area contributed by atoms with E-state index >= 15 is 0 Å². The molecule has 1 saturated heterocycles. The van der Waals surface area contributed by atoms with Gasteiger partial charge in [0.05, 0.1) is 6.54 Å². The summed E-state index contributed by atoms with van der Waals surface area (Å²) in [6.45, 7) is 4.55. The number of halogens is 1. The van der Waals surface area contributed by atoms with Crippen molar-refractivity contribution >= 4 is 23.7 Å². The molecule has 1 spiro atoms. The van der Waals surface area contributed by atoms with Crippen LogP contribution < -0.4 is 5.32 Å². The first-order valence-corrected chi connectivity index (χ1v) is 7.61. The van der Waals surface area contributed by atoms with E-state index in [-0.39, 0.29) is 12.4 Å². The second-order valence-corrected chi connectivity index (χ2v) is 6.29. The lowest BCUT2D eigenvalue weighted by atomic mass is 9.79. The van der Waals surface area contributed by atoms with Crippen LogP contribution in [0.1, 0.15) is 37.1 Å². The van der Waals surface area contributed by atoms with Crippen molar-refractivity contribution in [2.75, 3.05) is 19.6 Å². The number of aromatic nitrogens is 1. The van der Waals surface area contributed by atoms with Gasteiger partial charge in [-0.1, -0.05) is 19.3 Å². The lowest BCUT2D eigenvalue weighted by molar-refractivity contribution is 0.0208. The van der Waals surface area contributed by atoms with E-state index in [9.17, 15) is 0 Å². The smallest absolute Gasteiger partial charge is 0.107 e. The summed E-state index contributed by atoms with van der Waals surface area (Å²) in [7, 11) is 0. The average Bonchev–Trinajstić information content (AvgIpc) is 2.86. The molecule has 2 aliphatic rings. The van der Waals surface area contributed by atoms with Gasteiger partial charge < -0.3 is 5.32 Å². The molecule has 18 heavy (non-hydrogen) atoms. The third-order valence-corrected chi connectivity index (χ3v) is 5.04. The van der Waals surface area contributed by atoms with Crippen LogP contribution in [0.2, 0.25) is 0 Å². The molecule has 5 heteroatoms. The normalized spacial score (nSPS) is 23.8. The van der Waals surface area contributed by atoms with Gasteiger partial charge in [-0.3, -0.25) is 4.90 Å². The number of piperazine rings is 1. The van der Waals surface area contributed by atoms with E-state index in [0.717, 1.165) is 13.1 Å². The van der Waals surface area contributed by atoms with Crippen LogP contribution in [0.3, 0.4) is 0 Å². The van der Waals surface area contributed by atoms with Gasteiger partial charge >= 0.3 is 0 Å². The molecule has 0 radical (unpaired) electrons. The van der Waals surface area contributed by atoms with Gasteiger partial charge in [0, 0.05) is 36.8 Å². The lowest BCUT2D eigenvalue weighted by Gasteiger charge is -2.49. The molecular weight excluding hydrogens is 266 g/mol. The zero-order chi connectivity index (χ0) is 11.6. The molecule has 1 aliphatic carbocycles. The Hall–Kier alpha value is -0.160. The number of hydrogen-bond acceptors (Lipinski definition) is 4. The molecule has 0 atom stereocenters. The highest BCUT2D eigenvalue weighted by atomic mass is 35.5. The van der Waals surface area contributed by atoms with Crippen molar-refractivity contribution in [2.24, 2.45) is 0 Å². The van der Waals surface area contributed by atoms with Gasteiger partial charge in [0.2, 0.25) is 0 Å². The maximum Gasteiger partial charge on any atom is 0.107 e. The number of hydrogen-bond donors (Lipinski definition) is 1. The Bertz CT molecular complexity index is 341. The number of thiazole rings is 1. The van der Waals surface area contributed by atoms with Crippen LogP contribution in [0, 0.1) is 0 Å². The molecule has 3 rings (SSSR count). The summed E-state index contributed by atoms with van der Waals surface area (Å²) in [5.74, 6) is 0. The number of nitrogens with one attached hydrogen (secondary N) is 1. The summed E-state index contributed by atoms with van der Waals surface area (Å²) >= 11 is 1.79.